The number of methoxy groups -OCH3 is 1. The number of ether oxygens (including phenoxy) is 2. The molecule has 0 aliphatic carbocycles. The minimum atomic E-state index is -0.341. The molecule has 1 N–H and O–H groups in total. The van der Waals surface area contributed by atoms with Crippen molar-refractivity contribution in [3.8, 4) is 11.5 Å². The maximum absolute atomic E-state index is 10.6. The van der Waals surface area contributed by atoms with E-state index < -0.39 is 0 Å². The first kappa shape index (κ1) is 18.7. The first-order valence-electron chi connectivity index (χ1n) is 9.49. The Morgan fingerprint density at radius 3 is 2.35 bits per heavy atom. The normalized spacial score (nSPS) is 17.0. The van der Waals surface area contributed by atoms with Gasteiger partial charge in [0.15, 0.2) is 11.5 Å². The summed E-state index contributed by atoms with van der Waals surface area (Å²) >= 11 is 0. The molecule has 0 spiro atoms. The molecule has 1 atom stereocenters. The monoisotopic (exact) mass is 355 g/mol. The topological polar surface area (TPSA) is 41.9 Å². The molecule has 0 aromatic heterocycles. The minimum Gasteiger partial charge on any atom is -0.493 e. The molecule has 4 nitrogen and oxygen atoms in total. The molecular formula is C22H29NO3. The Kier molecular flexibility index (Phi) is 6.92. The molecule has 2 aromatic rings. The SMILES string of the molecule is COc1ccccc1OCCCN1CCC(C(O)c2ccccc2)CC1. The smallest absolute Gasteiger partial charge is 0.161 e. The van der Waals surface area contributed by atoms with Crippen molar-refractivity contribution in [3.05, 3.63) is 60.2 Å². The predicted octanol–water partition coefficient (Wildman–Crippen LogP) is 3.91. The third-order valence-electron chi connectivity index (χ3n) is 5.17. The summed E-state index contributed by atoms with van der Waals surface area (Å²) in [6, 6.07) is 17.8. The van der Waals surface area contributed by atoms with Crippen LogP contribution in [0.5, 0.6) is 11.5 Å². The quantitative estimate of drug-likeness (QED) is 0.729. The first-order chi connectivity index (χ1) is 12.8. The zero-order valence-corrected chi connectivity index (χ0v) is 15.5. The van der Waals surface area contributed by atoms with Crippen molar-refractivity contribution in [3.63, 3.8) is 0 Å². The molecule has 26 heavy (non-hydrogen) atoms. The lowest BCUT2D eigenvalue weighted by Crippen LogP contribution is -2.36. The molecule has 1 heterocycles. The lowest BCUT2D eigenvalue weighted by Gasteiger charge is -2.34. The zero-order chi connectivity index (χ0) is 18.2. The average Bonchev–Trinajstić information content (AvgIpc) is 2.72. The van der Waals surface area contributed by atoms with Gasteiger partial charge in [-0.15, -0.1) is 0 Å². The standard InChI is InChI=1S/C22H29NO3/c1-25-20-10-5-6-11-21(20)26-17-7-14-23-15-12-19(13-16-23)22(24)18-8-3-2-4-9-18/h2-6,8-11,19,22,24H,7,12-17H2,1H3. The van der Waals surface area contributed by atoms with Crippen LogP contribution in [-0.4, -0.2) is 43.4 Å². The predicted molar refractivity (Wildman–Crippen MR) is 104 cm³/mol. The number of benzene rings is 2. The fourth-order valence-corrected chi connectivity index (χ4v) is 3.62. The number of para-hydroxylation sites is 2. The summed E-state index contributed by atoms with van der Waals surface area (Å²) in [5.74, 6) is 1.95. The Morgan fingerprint density at radius 1 is 1.00 bits per heavy atom. The van der Waals surface area contributed by atoms with Crippen LogP contribution in [0.1, 0.15) is 30.9 Å². The molecule has 0 amide bonds. The van der Waals surface area contributed by atoms with Gasteiger partial charge in [0.05, 0.1) is 19.8 Å². The number of aliphatic hydroxyl groups excluding tert-OH is 1. The van der Waals surface area contributed by atoms with Gasteiger partial charge in [-0.05, 0) is 56.0 Å². The summed E-state index contributed by atoms with van der Waals surface area (Å²) in [7, 11) is 1.66. The molecule has 2 aromatic carbocycles. The van der Waals surface area contributed by atoms with E-state index in [1.54, 1.807) is 7.11 Å². The molecule has 1 aliphatic rings. The van der Waals surface area contributed by atoms with E-state index in [4.69, 9.17) is 9.47 Å². The van der Waals surface area contributed by atoms with Crippen molar-refractivity contribution in [2.24, 2.45) is 5.92 Å². The number of aliphatic hydroxyl groups is 1. The summed E-state index contributed by atoms with van der Waals surface area (Å²) in [5, 5.41) is 10.6. The van der Waals surface area contributed by atoms with Crippen molar-refractivity contribution in [2.75, 3.05) is 33.4 Å². The summed E-state index contributed by atoms with van der Waals surface area (Å²) in [6.45, 7) is 3.81. The van der Waals surface area contributed by atoms with Gasteiger partial charge < -0.3 is 19.5 Å². The van der Waals surface area contributed by atoms with Crippen LogP contribution in [0.3, 0.4) is 0 Å². The molecule has 3 rings (SSSR count). The van der Waals surface area contributed by atoms with Crippen LogP contribution >= 0.6 is 0 Å². The second-order valence-electron chi connectivity index (χ2n) is 6.89. The Balaban J connectivity index is 1.37. The van der Waals surface area contributed by atoms with Crippen molar-refractivity contribution < 1.29 is 14.6 Å². The second-order valence-corrected chi connectivity index (χ2v) is 6.89. The average molecular weight is 355 g/mol. The summed E-state index contributed by atoms with van der Waals surface area (Å²) in [5.41, 5.74) is 1.04. The minimum absolute atomic E-state index is 0.341. The van der Waals surface area contributed by atoms with Gasteiger partial charge in [0.25, 0.3) is 0 Å². The highest BCUT2D eigenvalue weighted by Gasteiger charge is 2.25. The van der Waals surface area contributed by atoms with E-state index in [-0.39, 0.29) is 6.10 Å². The molecular weight excluding hydrogens is 326 g/mol. The third-order valence-corrected chi connectivity index (χ3v) is 5.17. The fourth-order valence-electron chi connectivity index (χ4n) is 3.62. The van der Waals surface area contributed by atoms with Crippen LogP contribution in [0.25, 0.3) is 0 Å². The Labute approximate surface area is 156 Å². The highest BCUT2D eigenvalue weighted by Crippen LogP contribution is 2.30. The molecule has 1 aliphatic heterocycles. The van der Waals surface area contributed by atoms with Gasteiger partial charge in [-0.3, -0.25) is 0 Å². The molecule has 140 valence electrons. The van der Waals surface area contributed by atoms with Crippen LogP contribution in [0.15, 0.2) is 54.6 Å². The fraction of sp³-hybridized carbons (Fsp3) is 0.455. The highest BCUT2D eigenvalue weighted by atomic mass is 16.5. The number of likely N-dealkylation sites (tertiary alicyclic amines) is 1. The van der Waals surface area contributed by atoms with E-state index in [0.717, 1.165) is 56.0 Å². The van der Waals surface area contributed by atoms with Gasteiger partial charge in [0.2, 0.25) is 0 Å². The molecule has 1 saturated heterocycles. The van der Waals surface area contributed by atoms with Gasteiger partial charge in [-0.2, -0.15) is 0 Å². The molecule has 1 fully saturated rings. The molecule has 0 saturated carbocycles. The lowest BCUT2D eigenvalue weighted by atomic mass is 9.87. The Hall–Kier alpha value is -2.04. The second kappa shape index (κ2) is 9.60. The largest absolute Gasteiger partial charge is 0.493 e. The Morgan fingerprint density at radius 2 is 1.65 bits per heavy atom. The van der Waals surface area contributed by atoms with E-state index in [2.05, 4.69) is 4.90 Å². The van der Waals surface area contributed by atoms with E-state index in [9.17, 15) is 5.11 Å². The van der Waals surface area contributed by atoms with Gasteiger partial charge in [0.1, 0.15) is 0 Å². The number of hydrogen-bond donors (Lipinski definition) is 1. The summed E-state index contributed by atoms with van der Waals surface area (Å²) in [4.78, 5) is 2.47. The number of nitrogens with zero attached hydrogens (tertiary/aromatic N) is 1. The van der Waals surface area contributed by atoms with Crippen LogP contribution in [-0.2, 0) is 0 Å². The lowest BCUT2D eigenvalue weighted by molar-refractivity contribution is 0.0574. The summed E-state index contributed by atoms with van der Waals surface area (Å²) in [6.07, 6.45) is 2.74. The van der Waals surface area contributed by atoms with Crippen LogP contribution in [0.4, 0.5) is 0 Å². The Bertz CT molecular complexity index is 653. The molecule has 0 radical (unpaired) electrons. The van der Waals surface area contributed by atoms with E-state index >= 15 is 0 Å². The van der Waals surface area contributed by atoms with Crippen LogP contribution in [0, 0.1) is 5.92 Å². The summed E-state index contributed by atoms with van der Waals surface area (Å²) < 4.78 is 11.1. The number of piperidine rings is 1. The zero-order valence-electron chi connectivity index (χ0n) is 15.5. The first-order valence-corrected chi connectivity index (χ1v) is 9.49. The van der Waals surface area contributed by atoms with Gasteiger partial charge >= 0.3 is 0 Å². The van der Waals surface area contributed by atoms with Crippen molar-refractivity contribution in [1.82, 2.24) is 4.90 Å². The van der Waals surface area contributed by atoms with Crippen molar-refractivity contribution >= 4 is 0 Å². The van der Waals surface area contributed by atoms with E-state index in [0.29, 0.717) is 12.5 Å². The van der Waals surface area contributed by atoms with Crippen molar-refractivity contribution in [1.29, 1.82) is 0 Å². The molecule has 1 unspecified atom stereocenters. The van der Waals surface area contributed by atoms with Crippen molar-refractivity contribution in [2.45, 2.75) is 25.4 Å². The highest BCUT2D eigenvalue weighted by molar-refractivity contribution is 5.39. The van der Waals surface area contributed by atoms with Gasteiger partial charge in [-0.1, -0.05) is 42.5 Å². The number of rotatable bonds is 8. The van der Waals surface area contributed by atoms with Crippen LogP contribution < -0.4 is 9.47 Å². The molecule has 0 bridgehead atoms. The maximum Gasteiger partial charge on any atom is 0.161 e. The van der Waals surface area contributed by atoms with Gasteiger partial charge in [0, 0.05) is 6.54 Å². The van der Waals surface area contributed by atoms with E-state index in [1.165, 1.54) is 0 Å². The third kappa shape index (κ3) is 4.99. The molecule has 4 heteroatoms. The maximum atomic E-state index is 10.6. The van der Waals surface area contributed by atoms with E-state index in [1.807, 2.05) is 54.6 Å². The van der Waals surface area contributed by atoms with Gasteiger partial charge in [-0.25, -0.2) is 0 Å². The van der Waals surface area contributed by atoms with Crippen LogP contribution in [0.2, 0.25) is 0 Å². The number of hydrogen-bond acceptors (Lipinski definition) is 4.